The van der Waals surface area contributed by atoms with Crippen molar-refractivity contribution in [1.82, 2.24) is 15.2 Å². The van der Waals surface area contributed by atoms with E-state index in [1.54, 1.807) is 18.3 Å². The highest BCUT2D eigenvalue weighted by atomic mass is 32.2. The van der Waals surface area contributed by atoms with Gasteiger partial charge in [-0.1, -0.05) is 23.9 Å². The number of fused-ring (bicyclic) bond motifs is 1. The van der Waals surface area contributed by atoms with Crippen LogP contribution in [0.15, 0.2) is 47.6 Å². The van der Waals surface area contributed by atoms with Gasteiger partial charge < -0.3 is 10.2 Å². The predicted octanol–water partition coefficient (Wildman–Crippen LogP) is 1.99. The van der Waals surface area contributed by atoms with Crippen molar-refractivity contribution < 1.29 is 14.0 Å². The SMILES string of the molecule is O=C(CN1C(=O)CSc2ncccc21)NCCCN1CCN(c2ccccc2F)CC1. The maximum atomic E-state index is 13.9. The van der Waals surface area contributed by atoms with Crippen molar-refractivity contribution in [2.45, 2.75) is 11.4 Å². The molecular weight excluding hydrogens is 417 g/mol. The Morgan fingerprint density at radius 3 is 2.68 bits per heavy atom. The standard InChI is InChI=1S/C22H26FN5O2S/c23-17-5-1-2-6-18(17)27-13-11-26(12-14-27)10-4-9-24-20(29)15-28-19-7-3-8-25-22(19)31-16-21(28)30/h1-3,5-8H,4,9-16H2,(H,24,29). The third kappa shape index (κ3) is 5.34. The number of benzene rings is 1. The van der Waals surface area contributed by atoms with E-state index in [4.69, 9.17) is 0 Å². The number of nitrogens with one attached hydrogen (secondary N) is 1. The number of carbonyl (C=O) groups excluding carboxylic acids is 2. The maximum Gasteiger partial charge on any atom is 0.240 e. The zero-order chi connectivity index (χ0) is 21.6. The normalized spacial score (nSPS) is 16.9. The van der Waals surface area contributed by atoms with Gasteiger partial charge in [-0.05, 0) is 37.2 Å². The Hall–Kier alpha value is -2.65. The summed E-state index contributed by atoms with van der Waals surface area (Å²) in [6.45, 7) is 4.75. The molecule has 2 aliphatic heterocycles. The summed E-state index contributed by atoms with van der Waals surface area (Å²) in [4.78, 5) is 34.8. The Morgan fingerprint density at radius 2 is 1.87 bits per heavy atom. The highest BCUT2D eigenvalue weighted by Crippen LogP contribution is 2.32. The summed E-state index contributed by atoms with van der Waals surface area (Å²) in [5, 5.41) is 3.70. The molecule has 31 heavy (non-hydrogen) atoms. The Balaban J connectivity index is 1.17. The summed E-state index contributed by atoms with van der Waals surface area (Å²) >= 11 is 1.40. The van der Waals surface area contributed by atoms with Crippen LogP contribution in [-0.2, 0) is 9.59 Å². The predicted molar refractivity (Wildman–Crippen MR) is 120 cm³/mol. The second kappa shape index (κ2) is 10.1. The first-order valence-electron chi connectivity index (χ1n) is 10.5. The molecule has 1 saturated heterocycles. The molecule has 0 unspecified atom stereocenters. The first kappa shape index (κ1) is 21.6. The monoisotopic (exact) mass is 443 g/mol. The van der Waals surface area contributed by atoms with Crippen molar-refractivity contribution in [3.8, 4) is 0 Å². The number of halogens is 1. The van der Waals surface area contributed by atoms with E-state index in [0.29, 0.717) is 23.7 Å². The van der Waals surface area contributed by atoms with E-state index in [0.717, 1.165) is 44.2 Å². The molecule has 3 heterocycles. The summed E-state index contributed by atoms with van der Waals surface area (Å²) in [6, 6.07) is 10.5. The van der Waals surface area contributed by atoms with Crippen LogP contribution in [0.25, 0.3) is 0 Å². The lowest BCUT2D eigenvalue weighted by Crippen LogP contribution is -2.47. The fourth-order valence-corrected chi connectivity index (χ4v) is 4.74. The average molecular weight is 444 g/mol. The van der Waals surface area contributed by atoms with Gasteiger partial charge in [0, 0.05) is 38.9 Å². The van der Waals surface area contributed by atoms with Crippen molar-refractivity contribution in [1.29, 1.82) is 0 Å². The van der Waals surface area contributed by atoms with Crippen LogP contribution in [0.5, 0.6) is 0 Å². The number of pyridine rings is 1. The van der Waals surface area contributed by atoms with Gasteiger partial charge >= 0.3 is 0 Å². The number of para-hydroxylation sites is 1. The number of carbonyl (C=O) groups is 2. The van der Waals surface area contributed by atoms with Crippen molar-refractivity contribution in [3.63, 3.8) is 0 Å². The van der Waals surface area contributed by atoms with Crippen LogP contribution in [0.4, 0.5) is 15.8 Å². The molecule has 1 N–H and O–H groups in total. The van der Waals surface area contributed by atoms with Gasteiger partial charge in [-0.25, -0.2) is 9.37 Å². The van der Waals surface area contributed by atoms with Gasteiger partial charge in [0.1, 0.15) is 17.4 Å². The summed E-state index contributed by atoms with van der Waals surface area (Å²) in [7, 11) is 0. The molecule has 9 heteroatoms. The van der Waals surface area contributed by atoms with E-state index in [2.05, 4.69) is 20.1 Å². The Morgan fingerprint density at radius 1 is 1.10 bits per heavy atom. The number of piperazine rings is 1. The highest BCUT2D eigenvalue weighted by Gasteiger charge is 2.27. The summed E-state index contributed by atoms with van der Waals surface area (Å²) < 4.78 is 13.9. The van der Waals surface area contributed by atoms with Crippen molar-refractivity contribution in [2.75, 3.05) is 61.4 Å². The molecule has 4 rings (SSSR count). The number of hydrogen-bond acceptors (Lipinski definition) is 6. The van der Waals surface area contributed by atoms with Crippen LogP contribution in [0.3, 0.4) is 0 Å². The molecule has 164 valence electrons. The summed E-state index contributed by atoms with van der Waals surface area (Å²) in [6.07, 6.45) is 2.52. The minimum Gasteiger partial charge on any atom is -0.367 e. The fourth-order valence-electron chi connectivity index (χ4n) is 3.87. The second-order valence-corrected chi connectivity index (χ2v) is 8.54. The van der Waals surface area contributed by atoms with Crippen LogP contribution < -0.4 is 15.1 Å². The molecule has 1 fully saturated rings. The van der Waals surface area contributed by atoms with Crippen LogP contribution in [-0.4, -0.2) is 73.3 Å². The van der Waals surface area contributed by atoms with Crippen molar-refractivity contribution >= 4 is 35.0 Å². The first-order valence-corrected chi connectivity index (χ1v) is 11.5. The molecule has 0 atom stereocenters. The zero-order valence-corrected chi connectivity index (χ0v) is 18.1. The van der Waals surface area contributed by atoms with Crippen molar-refractivity contribution in [3.05, 3.63) is 48.4 Å². The average Bonchev–Trinajstić information content (AvgIpc) is 2.79. The van der Waals surface area contributed by atoms with Crippen LogP contribution in [0, 0.1) is 5.82 Å². The van der Waals surface area contributed by atoms with Gasteiger partial charge in [0.2, 0.25) is 11.8 Å². The largest absolute Gasteiger partial charge is 0.367 e. The number of amides is 2. The van der Waals surface area contributed by atoms with Gasteiger partial charge in [0.15, 0.2) is 0 Å². The molecular formula is C22H26FN5O2S. The lowest BCUT2D eigenvalue weighted by Gasteiger charge is -2.36. The number of anilines is 2. The van der Waals surface area contributed by atoms with Crippen LogP contribution in [0.2, 0.25) is 0 Å². The number of hydrogen-bond donors (Lipinski definition) is 1. The van der Waals surface area contributed by atoms with E-state index >= 15 is 0 Å². The van der Waals surface area contributed by atoms with E-state index in [-0.39, 0.29) is 24.2 Å². The molecule has 0 saturated carbocycles. The van der Waals surface area contributed by atoms with Gasteiger partial charge in [0.05, 0.1) is 17.1 Å². The Bertz CT molecular complexity index is 936. The van der Waals surface area contributed by atoms with E-state index in [1.165, 1.54) is 22.7 Å². The van der Waals surface area contributed by atoms with Gasteiger partial charge in [-0.15, -0.1) is 0 Å². The molecule has 2 aromatic rings. The molecule has 2 aliphatic rings. The third-order valence-corrected chi connectivity index (χ3v) is 6.49. The van der Waals surface area contributed by atoms with Crippen LogP contribution >= 0.6 is 11.8 Å². The minimum atomic E-state index is -0.178. The number of rotatable bonds is 7. The summed E-state index contributed by atoms with van der Waals surface area (Å²) in [5.41, 5.74) is 1.36. The Labute approximate surface area is 185 Å². The van der Waals surface area contributed by atoms with Gasteiger partial charge in [0.25, 0.3) is 0 Å². The highest BCUT2D eigenvalue weighted by molar-refractivity contribution is 8.00. The zero-order valence-electron chi connectivity index (χ0n) is 17.3. The van der Waals surface area contributed by atoms with Gasteiger partial charge in [-0.2, -0.15) is 0 Å². The molecule has 1 aromatic heterocycles. The molecule has 0 spiro atoms. The lowest BCUT2D eigenvalue weighted by molar-refractivity contribution is -0.123. The smallest absolute Gasteiger partial charge is 0.240 e. The fraction of sp³-hybridized carbons (Fsp3) is 0.409. The summed E-state index contributed by atoms with van der Waals surface area (Å²) in [5.74, 6) is -0.119. The molecule has 1 aromatic carbocycles. The molecule has 7 nitrogen and oxygen atoms in total. The second-order valence-electron chi connectivity index (χ2n) is 7.58. The molecule has 0 radical (unpaired) electrons. The number of thioether (sulfide) groups is 1. The number of aromatic nitrogens is 1. The van der Waals surface area contributed by atoms with E-state index in [1.807, 2.05) is 18.2 Å². The minimum absolute atomic E-state index is 0.0133. The van der Waals surface area contributed by atoms with E-state index in [9.17, 15) is 14.0 Å². The quantitative estimate of drug-likeness (QED) is 0.660. The lowest BCUT2D eigenvalue weighted by atomic mass is 10.2. The van der Waals surface area contributed by atoms with E-state index < -0.39 is 0 Å². The van der Waals surface area contributed by atoms with Crippen molar-refractivity contribution in [2.24, 2.45) is 0 Å². The Kier molecular flexibility index (Phi) is 7.03. The van der Waals surface area contributed by atoms with Gasteiger partial charge in [-0.3, -0.25) is 19.4 Å². The molecule has 0 bridgehead atoms. The molecule has 2 amide bonds. The molecule has 0 aliphatic carbocycles. The van der Waals surface area contributed by atoms with Crippen LogP contribution in [0.1, 0.15) is 6.42 Å². The topological polar surface area (TPSA) is 68.8 Å². The third-order valence-electron chi connectivity index (χ3n) is 5.52. The maximum absolute atomic E-state index is 13.9. The number of nitrogens with zero attached hydrogens (tertiary/aromatic N) is 4. The first-order chi connectivity index (χ1) is 15.1.